The fraction of sp³-hybridized carbons (Fsp3) is 0.500. The number of nitrogens with zero attached hydrogens (tertiary/aromatic N) is 2. The Labute approximate surface area is 148 Å². The molecule has 0 saturated heterocycles. The maximum atomic E-state index is 13.3. The fourth-order valence-corrected chi connectivity index (χ4v) is 2.56. The minimum atomic E-state index is -5.03. The predicted octanol–water partition coefficient (Wildman–Crippen LogP) is 3.67. The zero-order valence-corrected chi connectivity index (χ0v) is 14.5. The number of carbonyl (C=O) groups excluding carboxylic acids is 1. The number of hydrogen-bond donors (Lipinski definition) is 1. The zero-order chi connectivity index (χ0) is 18.8. The normalized spacial score (nSPS) is 20.6. The molecular weight excluding hydrogens is 361 g/mol. The van der Waals surface area contributed by atoms with Gasteiger partial charge in [-0.25, -0.2) is 0 Å². The highest BCUT2D eigenvalue weighted by Gasteiger charge is 2.63. The molecule has 2 rings (SSSR count). The molecule has 1 aromatic rings. The molecule has 1 N–H and O–H groups in total. The topological polar surface area (TPSA) is 62.1 Å². The second-order valence-electron chi connectivity index (χ2n) is 5.81. The average molecular weight is 379 g/mol. The maximum absolute atomic E-state index is 13.3. The Morgan fingerprint density at radius 3 is 2.72 bits per heavy atom. The molecule has 0 spiro atoms. The van der Waals surface area contributed by atoms with Crippen LogP contribution in [-0.4, -0.2) is 40.2 Å². The molecule has 0 saturated carbocycles. The number of amides is 1. The number of carbonyl (C=O) groups is 1. The summed E-state index contributed by atoms with van der Waals surface area (Å²) in [5.74, 6) is -0.804. The van der Waals surface area contributed by atoms with E-state index in [4.69, 9.17) is 16.3 Å². The Balaban J connectivity index is 2.15. The summed E-state index contributed by atoms with van der Waals surface area (Å²) in [4.78, 5) is 12.2. The lowest BCUT2D eigenvalue weighted by Gasteiger charge is -2.32. The van der Waals surface area contributed by atoms with Crippen LogP contribution in [0.3, 0.4) is 0 Å². The van der Waals surface area contributed by atoms with Crippen molar-refractivity contribution < 1.29 is 27.8 Å². The van der Waals surface area contributed by atoms with Crippen LogP contribution in [-0.2, 0) is 4.79 Å². The van der Waals surface area contributed by atoms with Crippen molar-refractivity contribution in [3.05, 3.63) is 28.8 Å². The number of hydrazone groups is 1. The third-order valence-electron chi connectivity index (χ3n) is 3.76. The van der Waals surface area contributed by atoms with Crippen LogP contribution < -0.4 is 4.74 Å². The van der Waals surface area contributed by atoms with Crippen molar-refractivity contribution in [3.8, 4) is 5.75 Å². The number of alkyl halides is 3. The Hall–Kier alpha value is -1.80. The van der Waals surface area contributed by atoms with E-state index in [1.54, 1.807) is 26.0 Å². The van der Waals surface area contributed by atoms with Crippen molar-refractivity contribution in [3.63, 3.8) is 0 Å². The van der Waals surface area contributed by atoms with Crippen LogP contribution in [0.5, 0.6) is 5.75 Å². The second-order valence-corrected chi connectivity index (χ2v) is 6.22. The van der Waals surface area contributed by atoms with Gasteiger partial charge in [-0.15, -0.1) is 0 Å². The van der Waals surface area contributed by atoms with Gasteiger partial charge in [0.2, 0.25) is 0 Å². The first kappa shape index (κ1) is 19.5. The molecule has 1 amide bonds. The first-order valence-electron chi connectivity index (χ1n) is 7.66. The smallest absolute Gasteiger partial charge is 0.438 e. The van der Waals surface area contributed by atoms with E-state index in [0.29, 0.717) is 17.0 Å². The number of ether oxygens (including phenoxy) is 1. The molecule has 9 heteroatoms. The number of aryl methyl sites for hydroxylation is 1. The molecule has 0 radical (unpaired) electrons. The molecule has 1 heterocycles. The SMILES string of the molecule is CCCC1=NN(C(=O)COc2ccc(Cl)c(C)c2)[C@](O)(C(F)(F)F)C1. The quantitative estimate of drug-likeness (QED) is 0.850. The van der Waals surface area contributed by atoms with Crippen LogP contribution in [0, 0.1) is 6.92 Å². The number of benzene rings is 1. The standard InChI is InChI=1S/C16H18ClF3N2O3/c1-3-4-11-8-15(24,16(18,19)20)22(21-11)14(23)9-25-12-5-6-13(17)10(2)7-12/h5-7,24H,3-4,8-9H2,1-2H3/t15-/m1/s1. The number of aliphatic hydroxyl groups is 1. The second kappa shape index (κ2) is 7.21. The maximum Gasteiger partial charge on any atom is 0.438 e. The highest BCUT2D eigenvalue weighted by atomic mass is 35.5. The number of rotatable bonds is 5. The molecule has 1 aliphatic heterocycles. The molecule has 0 unspecified atom stereocenters. The van der Waals surface area contributed by atoms with E-state index in [-0.39, 0.29) is 22.9 Å². The molecule has 138 valence electrons. The summed E-state index contributed by atoms with van der Waals surface area (Å²) < 4.78 is 45.0. The van der Waals surface area contributed by atoms with Crippen molar-refractivity contribution >= 4 is 23.2 Å². The van der Waals surface area contributed by atoms with Crippen LogP contribution >= 0.6 is 11.6 Å². The Morgan fingerprint density at radius 2 is 2.16 bits per heavy atom. The van der Waals surface area contributed by atoms with Crippen molar-refractivity contribution in [2.45, 2.75) is 45.0 Å². The molecule has 0 bridgehead atoms. The molecule has 5 nitrogen and oxygen atoms in total. The third-order valence-corrected chi connectivity index (χ3v) is 4.19. The average Bonchev–Trinajstić information content (AvgIpc) is 2.86. The zero-order valence-electron chi connectivity index (χ0n) is 13.7. The van der Waals surface area contributed by atoms with Crippen LogP contribution in [0.4, 0.5) is 13.2 Å². The van der Waals surface area contributed by atoms with E-state index < -0.39 is 30.8 Å². The van der Waals surface area contributed by atoms with Gasteiger partial charge >= 0.3 is 6.18 Å². The minimum Gasteiger partial charge on any atom is -0.484 e. The molecule has 1 atom stereocenters. The van der Waals surface area contributed by atoms with Crippen LogP contribution in [0.15, 0.2) is 23.3 Å². The van der Waals surface area contributed by atoms with Gasteiger partial charge in [-0.05, 0) is 37.1 Å². The van der Waals surface area contributed by atoms with Crippen LogP contribution in [0.2, 0.25) is 5.02 Å². The molecule has 25 heavy (non-hydrogen) atoms. The van der Waals surface area contributed by atoms with E-state index >= 15 is 0 Å². The van der Waals surface area contributed by atoms with Gasteiger partial charge in [0.15, 0.2) is 6.61 Å². The van der Waals surface area contributed by atoms with Gasteiger partial charge in [-0.3, -0.25) is 4.79 Å². The van der Waals surface area contributed by atoms with Crippen LogP contribution in [0.25, 0.3) is 0 Å². The Kier molecular flexibility index (Phi) is 5.63. The van der Waals surface area contributed by atoms with E-state index in [0.717, 1.165) is 0 Å². The summed E-state index contributed by atoms with van der Waals surface area (Å²) >= 11 is 5.87. The summed E-state index contributed by atoms with van der Waals surface area (Å²) in [5, 5.41) is 14.3. The van der Waals surface area contributed by atoms with Crippen molar-refractivity contribution in [2.75, 3.05) is 6.61 Å². The predicted molar refractivity (Wildman–Crippen MR) is 86.5 cm³/mol. The molecule has 0 fully saturated rings. The fourth-order valence-electron chi connectivity index (χ4n) is 2.44. The van der Waals surface area contributed by atoms with E-state index in [9.17, 15) is 23.1 Å². The molecule has 1 aliphatic rings. The van der Waals surface area contributed by atoms with Gasteiger partial charge in [0.25, 0.3) is 11.6 Å². The Bertz CT molecular complexity index is 694. The summed E-state index contributed by atoms with van der Waals surface area (Å²) in [7, 11) is 0. The summed E-state index contributed by atoms with van der Waals surface area (Å²) in [6.45, 7) is 2.80. The summed E-state index contributed by atoms with van der Waals surface area (Å²) in [5.41, 5.74) is -2.52. The summed E-state index contributed by atoms with van der Waals surface area (Å²) in [6.07, 6.45) is -4.97. The summed E-state index contributed by atoms with van der Waals surface area (Å²) in [6, 6.07) is 4.60. The minimum absolute atomic E-state index is 0.0841. The molecule has 0 aliphatic carbocycles. The Morgan fingerprint density at radius 1 is 1.48 bits per heavy atom. The third kappa shape index (κ3) is 4.07. The lowest BCUT2D eigenvalue weighted by atomic mass is 10.0. The number of halogens is 4. The van der Waals surface area contributed by atoms with Gasteiger partial charge in [0.1, 0.15) is 5.75 Å². The van der Waals surface area contributed by atoms with Crippen LogP contribution in [0.1, 0.15) is 31.7 Å². The van der Waals surface area contributed by atoms with Crippen molar-refractivity contribution in [1.82, 2.24) is 5.01 Å². The monoisotopic (exact) mass is 378 g/mol. The lowest BCUT2D eigenvalue weighted by Crippen LogP contribution is -2.57. The van der Waals surface area contributed by atoms with Gasteiger partial charge in [-0.1, -0.05) is 24.9 Å². The molecule has 1 aromatic carbocycles. The lowest BCUT2D eigenvalue weighted by molar-refractivity contribution is -0.302. The first-order valence-corrected chi connectivity index (χ1v) is 8.03. The highest BCUT2D eigenvalue weighted by Crippen LogP contribution is 2.40. The van der Waals surface area contributed by atoms with E-state index in [2.05, 4.69) is 5.10 Å². The molecular formula is C16H18ClF3N2O3. The van der Waals surface area contributed by atoms with Crippen molar-refractivity contribution in [1.29, 1.82) is 0 Å². The largest absolute Gasteiger partial charge is 0.484 e. The molecule has 0 aromatic heterocycles. The first-order chi connectivity index (χ1) is 11.6. The van der Waals surface area contributed by atoms with Gasteiger partial charge in [0, 0.05) is 17.2 Å². The van der Waals surface area contributed by atoms with Crippen molar-refractivity contribution in [2.24, 2.45) is 5.10 Å². The van der Waals surface area contributed by atoms with Gasteiger partial charge in [-0.2, -0.15) is 23.3 Å². The van der Waals surface area contributed by atoms with Gasteiger partial charge < -0.3 is 9.84 Å². The van der Waals surface area contributed by atoms with E-state index in [1.807, 2.05) is 0 Å². The van der Waals surface area contributed by atoms with Gasteiger partial charge in [0.05, 0.1) is 0 Å². The highest BCUT2D eigenvalue weighted by molar-refractivity contribution is 6.31. The number of hydrogen-bond acceptors (Lipinski definition) is 4. The van der Waals surface area contributed by atoms with E-state index in [1.165, 1.54) is 6.07 Å².